The Morgan fingerprint density at radius 1 is 0.402 bits per heavy atom. The van der Waals surface area contributed by atoms with Crippen molar-refractivity contribution in [2.75, 3.05) is 26.4 Å². The summed E-state index contributed by atoms with van der Waals surface area (Å²) in [6.07, 6.45) is 30.2. The summed E-state index contributed by atoms with van der Waals surface area (Å²) in [5.41, 5.74) is 0. The minimum absolute atomic E-state index is 0.235. The number of aliphatic hydroxyl groups excluding tert-OH is 11. The molecular weight excluding hydrogens is 1120 g/mol. The topological polar surface area (TPSA) is 307 Å². The quantitative estimate of drug-likeness (QED) is 0.0200. The Morgan fingerprint density at radius 3 is 1.11 bits per heavy atom. The van der Waals surface area contributed by atoms with Crippen LogP contribution in [0, 0.1) is 0 Å². The molecule has 3 aliphatic heterocycles. The zero-order valence-electron chi connectivity index (χ0n) is 54.0. The number of aliphatic hydroxyl groups is 11. The summed E-state index contributed by atoms with van der Waals surface area (Å²) in [7, 11) is 0. The lowest BCUT2D eigenvalue weighted by molar-refractivity contribution is -0.379. The highest BCUT2D eigenvalue weighted by atomic mass is 16.8. The van der Waals surface area contributed by atoms with E-state index in [0.29, 0.717) is 6.42 Å². The number of rotatable bonds is 54. The molecule has 0 aromatic carbocycles. The van der Waals surface area contributed by atoms with Crippen molar-refractivity contribution in [1.29, 1.82) is 0 Å². The van der Waals surface area contributed by atoms with Gasteiger partial charge < -0.3 is 89.9 Å². The largest absolute Gasteiger partial charge is 0.394 e. The van der Waals surface area contributed by atoms with Crippen LogP contribution < -0.4 is 5.32 Å². The third-order valence-corrected chi connectivity index (χ3v) is 17.7. The fraction of sp³-hybridized carbons (Fsp3) is 0.926. The van der Waals surface area contributed by atoms with Crippen LogP contribution in [0.1, 0.15) is 271 Å². The molecule has 17 unspecified atom stereocenters. The van der Waals surface area contributed by atoms with Crippen LogP contribution in [0.25, 0.3) is 0 Å². The lowest BCUT2D eigenvalue weighted by Gasteiger charge is -2.48. The van der Waals surface area contributed by atoms with E-state index in [2.05, 4.69) is 31.3 Å². The molecule has 19 heteroatoms. The predicted octanol–water partition coefficient (Wildman–Crippen LogP) is 9.05. The maximum Gasteiger partial charge on any atom is 0.220 e. The molecule has 17 atom stereocenters. The van der Waals surface area contributed by atoms with Gasteiger partial charge in [0.15, 0.2) is 18.9 Å². The average Bonchev–Trinajstić information content (AvgIpc) is 2.90. The summed E-state index contributed by atoms with van der Waals surface area (Å²) >= 11 is 0. The van der Waals surface area contributed by atoms with Gasteiger partial charge in [-0.25, -0.2) is 0 Å². The number of hydrogen-bond donors (Lipinski definition) is 12. The molecule has 3 heterocycles. The molecular formula is C68H127NO18. The van der Waals surface area contributed by atoms with E-state index in [1.54, 1.807) is 6.08 Å². The van der Waals surface area contributed by atoms with Gasteiger partial charge in [0.05, 0.1) is 38.6 Å². The lowest BCUT2D eigenvalue weighted by Crippen LogP contribution is -2.66. The summed E-state index contributed by atoms with van der Waals surface area (Å²) in [5, 5.41) is 120. The number of carbonyl (C=O) groups excluding carboxylic acids is 1. The highest BCUT2D eigenvalue weighted by Gasteiger charge is 2.53. The van der Waals surface area contributed by atoms with E-state index < -0.39 is 124 Å². The minimum atomic E-state index is -1.98. The van der Waals surface area contributed by atoms with Crippen LogP contribution in [0.3, 0.4) is 0 Å². The number of nitrogens with one attached hydrogen (secondary N) is 1. The Labute approximate surface area is 524 Å². The maximum atomic E-state index is 13.4. The van der Waals surface area contributed by atoms with Crippen LogP contribution in [0.15, 0.2) is 24.3 Å². The zero-order valence-corrected chi connectivity index (χ0v) is 54.0. The van der Waals surface area contributed by atoms with E-state index in [4.69, 9.17) is 28.4 Å². The maximum absolute atomic E-state index is 13.4. The van der Waals surface area contributed by atoms with Gasteiger partial charge in [0, 0.05) is 6.42 Å². The summed E-state index contributed by atoms with van der Waals surface area (Å²) in [6, 6.07) is -0.976. The molecule has 19 nitrogen and oxygen atoms in total. The Kier molecular flexibility index (Phi) is 46.4. The first kappa shape index (κ1) is 79.5. The van der Waals surface area contributed by atoms with E-state index in [-0.39, 0.29) is 18.9 Å². The van der Waals surface area contributed by atoms with Crippen molar-refractivity contribution in [2.24, 2.45) is 0 Å². The van der Waals surface area contributed by atoms with Gasteiger partial charge in [-0.05, 0) is 44.9 Å². The fourth-order valence-corrected chi connectivity index (χ4v) is 12.0. The Morgan fingerprint density at radius 2 is 0.724 bits per heavy atom. The molecule has 3 saturated heterocycles. The average molecular weight is 1250 g/mol. The molecule has 512 valence electrons. The highest BCUT2D eigenvalue weighted by molar-refractivity contribution is 5.76. The second kappa shape index (κ2) is 50.8. The van der Waals surface area contributed by atoms with Crippen molar-refractivity contribution < 1.29 is 89.4 Å². The van der Waals surface area contributed by atoms with Crippen molar-refractivity contribution in [3.8, 4) is 0 Å². The molecule has 0 bridgehead atoms. The Balaban J connectivity index is 1.42. The van der Waals surface area contributed by atoms with Gasteiger partial charge in [-0.3, -0.25) is 4.79 Å². The number of ether oxygens (including phenoxy) is 6. The second-order valence-electron chi connectivity index (χ2n) is 25.3. The monoisotopic (exact) mass is 1250 g/mol. The molecule has 3 aliphatic rings. The molecule has 0 aromatic rings. The molecule has 3 fully saturated rings. The minimum Gasteiger partial charge on any atom is -0.394 e. The lowest BCUT2D eigenvalue weighted by atomic mass is 9.96. The number of unbranched alkanes of at least 4 members (excludes halogenated alkanes) is 36. The van der Waals surface area contributed by atoms with Gasteiger partial charge in [-0.15, -0.1) is 0 Å². The van der Waals surface area contributed by atoms with E-state index >= 15 is 0 Å². The number of allylic oxidation sites excluding steroid dienone is 3. The summed E-state index contributed by atoms with van der Waals surface area (Å²) in [4.78, 5) is 13.4. The van der Waals surface area contributed by atoms with E-state index in [0.717, 1.165) is 64.2 Å². The van der Waals surface area contributed by atoms with Crippen LogP contribution in [0.5, 0.6) is 0 Å². The van der Waals surface area contributed by atoms with Crippen molar-refractivity contribution in [3.05, 3.63) is 24.3 Å². The molecule has 0 spiro atoms. The fourth-order valence-electron chi connectivity index (χ4n) is 12.0. The third kappa shape index (κ3) is 33.1. The zero-order chi connectivity index (χ0) is 63.3. The van der Waals surface area contributed by atoms with Crippen molar-refractivity contribution in [1.82, 2.24) is 5.32 Å². The van der Waals surface area contributed by atoms with Crippen LogP contribution in [0.2, 0.25) is 0 Å². The summed E-state index contributed by atoms with van der Waals surface area (Å²) in [6.45, 7) is 1.74. The van der Waals surface area contributed by atoms with Crippen LogP contribution in [-0.2, 0) is 33.2 Å². The third-order valence-electron chi connectivity index (χ3n) is 17.7. The van der Waals surface area contributed by atoms with Gasteiger partial charge in [-0.1, -0.05) is 244 Å². The number of hydrogen-bond acceptors (Lipinski definition) is 18. The normalized spacial score (nSPS) is 28.7. The number of amides is 1. The van der Waals surface area contributed by atoms with Gasteiger partial charge in [0.25, 0.3) is 0 Å². The second-order valence-corrected chi connectivity index (χ2v) is 25.3. The first-order chi connectivity index (χ1) is 42.3. The van der Waals surface area contributed by atoms with E-state index in [1.165, 1.54) is 180 Å². The molecule has 0 radical (unpaired) electrons. The molecule has 87 heavy (non-hydrogen) atoms. The van der Waals surface area contributed by atoms with E-state index in [9.17, 15) is 61.0 Å². The molecule has 0 aromatic heterocycles. The van der Waals surface area contributed by atoms with Crippen molar-refractivity contribution in [2.45, 2.75) is 375 Å². The molecule has 3 rings (SSSR count). The van der Waals surface area contributed by atoms with Crippen LogP contribution in [-0.4, -0.2) is 193 Å². The first-order valence-corrected chi connectivity index (χ1v) is 35.1. The van der Waals surface area contributed by atoms with Gasteiger partial charge >= 0.3 is 0 Å². The summed E-state index contributed by atoms with van der Waals surface area (Å²) in [5.74, 6) is -0.281. The van der Waals surface area contributed by atoms with Gasteiger partial charge in [-0.2, -0.15) is 0 Å². The van der Waals surface area contributed by atoms with Crippen LogP contribution >= 0.6 is 0 Å². The van der Waals surface area contributed by atoms with Crippen molar-refractivity contribution in [3.63, 3.8) is 0 Å². The standard InChI is InChI=1S/C68H127NO18/c1-3-5-7-9-11-13-15-17-19-20-21-22-23-24-25-26-27-28-29-30-32-33-35-37-39-41-43-45-52(73)51(69-56(74)46-44-42-40-38-36-34-31-18-16-14-12-10-8-6-4-2)50-82-66-62(80)59(77)64(54(48-71)84-66)87-68-63(81)60(78)65(55(49-72)85-68)86-67-61(79)58(76)57(75)53(47-70)83-67/h18,31,43,45,51-55,57-68,70-73,75-81H,3-17,19-30,32-42,44,46-50H2,1-2H3,(H,69,74)/b31-18-,45-43+. The molecule has 0 saturated carbocycles. The Hall–Kier alpha value is -1.73. The van der Waals surface area contributed by atoms with Crippen molar-refractivity contribution >= 4 is 5.91 Å². The van der Waals surface area contributed by atoms with Crippen LogP contribution in [0.4, 0.5) is 0 Å². The first-order valence-electron chi connectivity index (χ1n) is 35.1. The number of carbonyl (C=O) groups is 1. The van der Waals surface area contributed by atoms with Gasteiger partial charge in [0.1, 0.15) is 73.2 Å². The Bertz CT molecular complexity index is 1680. The predicted molar refractivity (Wildman–Crippen MR) is 337 cm³/mol. The summed E-state index contributed by atoms with van der Waals surface area (Å²) < 4.78 is 34.3. The smallest absolute Gasteiger partial charge is 0.220 e. The highest BCUT2D eigenvalue weighted by Crippen LogP contribution is 2.33. The van der Waals surface area contributed by atoms with E-state index in [1.807, 2.05) is 6.08 Å². The molecule has 12 N–H and O–H groups in total. The van der Waals surface area contributed by atoms with Gasteiger partial charge in [0.2, 0.25) is 5.91 Å². The molecule has 0 aliphatic carbocycles. The molecule has 1 amide bonds. The SMILES string of the molecule is CCCCCCCC/C=C\CCCCCCCC(=O)NC(COC1OC(CO)C(OC2OC(CO)C(OC3OC(CO)C(O)C(O)C3O)C(O)C2O)C(O)C1O)C(O)/C=C/CCCCCCCCCCCCCCCCCCCCCCCCCCC.